The Bertz CT molecular complexity index is 874. The maximum atomic E-state index is 13.7. The van der Waals surface area contributed by atoms with Crippen LogP contribution in [0.2, 0.25) is 0 Å². The number of benzene rings is 2. The molecule has 3 rings (SSSR count). The van der Waals surface area contributed by atoms with Crippen molar-refractivity contribution in [3.8, 4) is 5.75 Å². The van der Waals surface area contributed by atoms with Gasteiger partial charge in [-0.2, -0.15) is 0 Å². The smallest absolute Gasteiger partial charge is 0.317 e. The van der Waals surface area contributed by atoms with Gasteiger partial charge in [0.15, 0.2) is 11.6 Å². The van der Waals surface area contributed by atoms with E-state index in [0.29, 0.717) is 18.5 Å². The molecule has 0 spiro atoms. The molecule has 8 heteroatoms. The number of rotatable bonds is 4. The number of hydrogen-bond donors (Lipinski definition) is 1. The normalized spacial score (nSPS) is 16.8. The van der Waals surface area contributed by atoms with Crippen LogP contribution in [0.3, 0.4) is 0 Å². The summed E-state index contributed by atoms with van der Waals surface area (Å²) in [6.45, 7) is 0.488. The Morgan fingerprint density at radius 3 is 2.67 bits per heavy atom. The predicted molar refractivity (Wildman–Crippen MR) is 98.1 cm³/mol. The number of carbonyl (C=O) groups is 1. The Morgan fingerprint density at radius 1 is 1.30 bits per heavy atom. The summed E-state index contributed by atoms with van der Waals surface area (Å²) in [7, 11) is 0.605. The average Bonchev–Trinajstić information content (AvgIpc) is 2.61. The van der Waals surface area contributed by atoms with Gasteiger partial charge >= 0.3 is 6.03 Å². The van der Waals surface area contributed by atoms with Crippen molar-refractivity contribution in [2.24, 2.45) is 0 Å². The molecule has 1 aliphatic heterocycles. The SMILES string of the molecule is CN(Cc1ccc(S(C)=O)cc1)C(=O)NC1COc2c(F)cc(F)cc2C1. The van der Waals surface area contributed by atoms with E-state index >= 15 is 0 Å². The van der Waals surface area contributed by atoms with Crippen molar-refractivity contribution in [3.05, 3.63) is 59.2 Å². The zero-order chi connectivity index (χ0) is 19.6. The molecule has 5 nitrogen and oxygen atoms in total. The molecule has 0 saturated heterocycles. The van der Waals surface area contributed by atoms with Gasteiger partial charge in [0, 0.05) is 47.2 Å². The van der Waals surface area contributed by atoms with Crippen molar-refractivity contribution in [2.75, 3.05) is 19.9 Å². The van der Waals surface area contributed by atoms with Gasteiger partial charge in [-0.15, -0.1) is 0 Å². The minimum absolute atomic E-state index is 0.0451. The van der Waals surface area contributed by atoms with Crippen LogP contribution in [0.4, 0.5) is 13.6 Å². The van der Waals surface area contributed by atoms with E-state index in [0.717, 1.165) is 16.5 Å². The van der Waals surface area contributed by atoms with Crippen molar-refractivity contribution in [3.63, 3.8) is 0 Å². The summed E-state index contributed by atoms with van der Waals surface area (Å²) in [6.07, 6.45) is 1.90. The second-order valence-corrected chi connectivity index (χ2v) is 7.87. The van der Waals surface area contributed by atoms with Crippen LogP contribution in [0, 0.1) is 11.6 Å². The molecule has 2 aromatic carbocycles. The van der Waals surface area contributed by atoms with Crippen molar-refractivity contribution in [1.29, 1.82) is 0 Å². The number of nitrogens with one attached hydrogen (secondary N) is 1. The first-order valence-electron chi connectivity index (χ1n) is 8.38. The molecule has 0 aliphatic carbocycles. The first-order valence-corrected chi connectivity index (χ1v) is 9.94. The van der Waals surface area contributed by atoms with Gasteiger partial charge in [-0.3, -0.25) is 4.21 Å². The van der Waals surface area contributed by atoms with Gasteiger partial charge in [0.2, 0.25) is 0 Å². The van der Waals surface area contributed by atoms with Gasteiger partial charge in [-0.05, 0) is 30.2 Å². The maximum absolute atomic E-state index is 13.7. The average molecular weight is 394 g/mol. The minimum Gasteiger partial charge on any atom is -0.488 e. The summed E-state index contributed by atoms with van der Waals surface area (Å²) in [6, 6.07) is 8.51. The third-order valence-corrected chi connectivity index (χ3v) is 5.27. The van der Waals surface area contributed by atoms with Crippen LogP contribution in [0.25, 0.3) is 0 Å². The van der Waals surface area contributed by atoms with Crippen molar-refractivity contribution >= 4 is 16.8 Å². The molecule has 2 amide bonds. The number of fused-ring (bicyclic) bond motifs is 1. The molecule has 144 valence electrons. The van der Waals surface area contributed by atoms with Crippen molar-refractivity contribution < 1.29 is 22.5 Å². The predicted octanol–water partition coefficient (Wildman–Crippen LogP) is 2.85. The fourth-order valence-corrected chi connectivity index (χ4v) is 3.46. The molecule has 2 aromatic rings. The lowest BCUT2D eigenvalue weighted by Crippen LogP contribution is -2.47. The highest BCUT2D eigenvalue weighted by atomic mass is 32.2. The lowest BCUT2D eigenvalue weighted by molar-refractivity contribution is 0.185. The number of carbonyl (C=O) groups excluding carboxylic acids is 1. The molecule has 0 aromatic heterocycles. The Kier molecular flexibility index (Phi) is 5.74. The number of halogens is 2. The highest BCUT2D eigenvalue weighted by molar-refractivity contribution is 7.84. The molecule has 2 atom stereocenters. The van der Waals surface area contributed by atoms with E-state index in [1.807, 2.05) is 12.1 Å². The van der Waals surface area contributed by atoms with Crippen LogP contribution in [-0.2, 0) is 23.8 Å². The molecule has 27 heavy (non-hydrogen) atoms. The summed E-state index contributed by atoms with van der Waals surface area (Å²) in [5.74, 6) is -1.36. The summed E-state index contributed by atoms with van der Waals surface area (Å²) >= 11 is 0. The Balaban J connectivity index is 1.59. The Morgan fingerprint density at radius 2 is 2.00 bits per heavy atom. The van der Waals surface area contributed by atoms with E-state index in [2.05, 4.69) is 5.32 Å². The molecule has 0 fully saturated rings. The summed E-state index contributed by atoms with van der Waals surface area (Å²) in [4.78, 5) is 14.6. The van der Waals surface area contributed by atoms with Gasteiger partial charge in [0.05, 0.1) is 6.04 Å². The standard InChI is InChI=1S/C19H20F2N2O3S/c1-23(10-12-3-5-16(6-4-12)27(2)25)19(24)22-15-8-13-7-14(20)9-17(21)18(13)26-11-15/h3-7,9,15H,8,10-11H2,1-2H3,(H,22,24). The number of urea groups is 1. The molecule has 1 aliphatic rings. The molecule has 1 heterocycles. The molecule has 1 N–H and O–H groups in total. The molecule has 0 saturated carbocycles. The third-order valence-electron chi connectivity index (χ3n) is 4.33. The van der Waals surface area contributed by atoms with Crippen LogP contribution < -0.4 is 10.1 Å². The maximum Gasteiger partial charge on any atom is 0.317 e. The summed E-state index contributed by atoms with van der Waals surface area (Å²) < 4.78 is 43.8. The zero-order valence-electron chi connectivity index (χ0n) is 15.0. The first-order chi connectivity index (χ1) is 12.8. The largest absolute Gasteiger partial charge is 0.488 e. The van der Waals surface area contributed by atoms with E-state index in [-0.39, 0.29) is 24.4 Å². The number of ether oxygens (including phenoxy) is 1. The van der Waals surface area contributed by atoms with E-state index < -0.39 is 22.4 Å². The molecule has 0 bridgehead atoms. The van der Waals surface area contributed by atoms with Crippen LogP contribution in [-0.4, -0.2) is 41.1 Å². The van der Waals surface area contributed by atoms with Crippen LogP contribution in [0.5, 0.6) is 5.75 Å². The highest BCUT2D eigenvalue weighted by Gasteiger charge is 2.25. The van der Waals surface area contributed by atoms with Gasteiger partial charge in [0.1, 0.15) is 12.4 Å². The topological polar surface area (TPSA) is 58.6 Å². The van der Waals surface area contributed by atoms with E-state index in [1.54, 1.807) is 25.4 Å². The van der Waals surface area contributed by atoms with Crippen molar-refractivity contribution in [2.45, 2.75) is 23.9 Å². The quantitative estimate of drug-likeness (QED) is 0.868. The second kappa shape index (κ2) is 8.04. The minimum atomic E-state index is -1.05. The number of amides is 2. The van der Waals surface area contributed by atoms with Crippen LogP contribution in [0.1, 0.15) is 11.1 Å². The first kappa shape index (κ1) is 19.3. The Labute approximate surface area is 158 Å². The van der Waals surface area contributed by atoms with Gasteiger partial charge in [-0.1, -0.05) is 12.1 Å². The molecule has 2 unspecified atom stereocenters. The monoisotopic (exact) mass is 394 g/mol. The fourth-order valence-electron chi connectivity index (χ4n) is 2.94. The molecule has 0 radical (unpaired) electrons. The van der Waals surface area contributed by atoms with Gasteiger partial charge < -0.3 is 15.0 Å². The highest BCUT2D eigenvalue weighted by Crippen LogP contribution is 2.29. The van der Waals surface area contributed by atoms with Crippen molar-refractivity contribution in [1.82, 2.24) is 10.2 Å². The van der Waals surface area contributed by atoms with Crippen LogP contribution >= 0.6 is 0 Å². The Hall–Kier alpha value is -2.48. The van der Waals surface area contributed by atoms with Crippen LogP contribution in [0.15, 0.2) is 41.3 Å². The van der Waals surface area contributed by atoms with E-state index in [1.165, 1.54) is 11.0 Å². The number of nitrogens with zero attached hydrogens (tertiary/aromatic N) is 1. The second-order valence-electron chi connectivity index (χ2n) is 6.49. The zero-order valence-corrected chi connectivity index (χ0v) is 15.8. The van der Waals surface area contributed by atoms with Gasteiger partial charge in [0.25, 0.3) is 0 Å². The molecular formula is C19H20F2N2O3S. The lowest BCUT2D eigenvalue weighted by Gasteiger charge is -2.28. The fraction of sp³-hybridized carbons (Fsp3) is 0.316. The third kappa shape index (κ3) is 4.63. The van der Waals surface area contributed by atoms with E-state index in [4.69, 9.17) is 4.74 Å². The summed E-state index contributed by atoms with van der Waals surface area (Å²) in [5, 5.41) is 2.82. The molecular weight excluding hydrogens is 374 g/mol. The van der Waals surface area contributed by atoms with E-state index in [9.17, 15) is 17.8 Å². The lowest BCUT2D eigenvalue weighted by atomic mass is 10.0. The summed E-state index contributed by atoms with van der Waals surface area (Å²) in [5.41, 5.74) is 1.30. The number of hydrogen-bond acceptors (Lipinski definition) is 3. The van der Waals surface area contributed by atoms with Gasteiger partial charge in [-0.25, -0.2) is 13.6 Å².